The molecule has 2 atom stereocenters. The van der Waals surface area contributed by atoms with Crippen LogP contribution in [0, 0.1) is 0 Å². The number of benzene rings is 2. The first kappa shape index (κ1) is 16.3. The molecule has 6 nitrogen and oxygen atoms in total. The van der Waals surface area contributed by atoms with Gasteiger partial charge in [-0.05, 0) is 29.7 Å². The van der Waals surface area contributed by atoms with Gasteiger partial charge in [-0.3, -0.25) is 9.69 Å². The minimum atomic E-state index is -0.0856. The van der Waals surface area contributed by atoms with Crippen molar-refractivity contribution < 1.29 is 9.53 Å². The first-order valence-electron chi connectivity index (χ1n) is 8.57. The van der Waals surface area contributed by atoms with Crippen LogP contribution >= 0.6 is 0 Å². The van der Waals surface area contributed by atoms with Gasteiger partial charge in [-0.1, -0.05) is 42.5 Å². The summed E-state index contributed by atoms with van der Waals surface area (Å²) >= 11 is 0. The number of anilines is 1. The standard InChI is InChI=1S/C20H20N4O2/c1-14(25)23-18(15-6-4-3-5-7-15)12-19(24-20(23)21-13-22-24)16-8-10-17(26-2)11-9-16/h3-11,13,18-19H,12H2,1-2H3. The van der Waals surface area contributed by atoms with Gasteiger partial charge in [-0.15, -0.1) is 0 Å². The van der Waals surface area contributed by atoms with Crippen molar-refractivity contribution in [3.8, 4) is 5.75 Å². The fourth-order valence-corrected chi connectivity index (χ4v) is 3.62. The predicted molar refractivity (Wildman–Crippen MR) is 98.1 cm³/mol. The third-order valence-corrected chi connectivity index (χ3v) is 4.85. The molecule has 1 aliphatic rings. The molecule has 0 bridgehead atoms. The summed E-state index contributed by atoms with van der Waals surface area (Å²) in [5.74, 6) is 1.35. The number of methoxy groups -OCH3 is 1. The Morgan fingerprint density at radius 1 is 1.04 bits per heavy atom. The highest BCUT2D eigenvalue weighted by atomic mass is 16.5. The number of nitrogens with zero attached hydrogens (tertiary/aromatic N) is 4. The number of carbonyl (C=O) groups excluding carboxylic acids is 1. The smallest absolute Gasteiger partial charge is 0.231 e. The van der Waals surface area contributed by atoms with Crippen molar-refractivity contribution in [3.63, 3.8) is 0 Å². The van der Waals surface area contributed by atoms with Gasteiger partial charge in [0.05, 0.1) is 19.2 Å². The maximum absolute atomic E-state index is 12.4. The molecule has 1 aliphatic heterocycles. The third kappa shape index (κ3) is 2.73. The van der Waals surface area contributed by atoms with Crippen LogP contribution in [0.1, 0.15) is 36.6 Å². The maximum atomic E-state index is 12.4. The predicted octanol–water partition coefficient (Wildman–Crippen LogP) is 3.37. The van der Waals surface area contributed by atoms with Crippen molar-refractivity contribution in [2.75, 3.05) is 12.0 Å². The molecule has 6 heteroatoms. The Labute approximate surface area is 152 Å². The number of hydrogen-bond acceptors (Lipinski definition) is 4. The SMILES string of the molecule is COc1ccc(C2CC(c3ccccc3)N(C(C)=O)c3ncnn32)cc1. The van der Waals surface area contributed by atoms with Crippen LogP contribution in [0.2, 0.25) is 0 Å². The Balaban J connectivity index is 1.81. The van der Waals surface area contributed by atoms with Crippen LogP contribution in [0.15, 0.2) is 60.9 Å². The van der Waals surface area contributed by atoms with Gasteiger partial charge >= 0.3 is 0 Å². The molecule has 2 heterocycles. The van der Waals surface area contributed by atoms with Gasteiger partial charge in [-0.25, -0.2) is 4.68 Å². The number of ether oxygens (including phenoxy) is 1. The summed E-state index contributed by atoms with van der Waals surface area (Å²) in [6, 6.07) is 18.0. The average molecular weight is 348 g/mol. The largest absolute Gasteiger partial charge is 0.497 e. The van der Waals surface area contributed by atoms with Crippen molar-refractivity contribution in [1.29, 1.82) is 0 Å². The highest BCUT2D eigenvalue weighted by molar-refractivity contribution is 5.90. The normalized spacial score (nSPS) is 19.1. The minimum absolute atomic E-state index is 0.000729. The summed E-state index contributed by atoms with van der Waals surface area (Å²) < 4.78 is 7.10. The van der Waals surface area contributed by atoms with E-state index in [0.29, 0.717) is 5.95 Å². The second-order valence-electron chi connectivity index (χ2n) is 6.34. The molecule has 0 aliphatic carbocycles. The molecule has 0 saturated carbocycles. The van der Waals surface area contributed by atoms with Gasteiger partial charge < -0.3 is 4.74 Å². The fraction of sp³-hybridized carbons (Fsp3) is 0.250. The second-order valence-corrected chi connectivity index (χ2v) is 6.34. The molecule has 26 heavy (non-hydrogen) atoms. The first-order chi connectivity index (χ1) is 12.7. The average Bonchev–Trinajstić information content (AvgIpc) is 3.17. The van der Waals surface area contributed by atoms with E-state index in [4.69, 9.17) is 4.74 Å². The number of rotatable bonds is 3. The quantitative estimate of drug-likeness (QED) is 0.728. The third-order valence-electron chi connectivity index (χ3n) is 4.85. The second kappa shape index (κ2) is 6.63. The van der Waals surface area contributed by atoms with Crippen LogP contribution in [0.4, 0.5) is 5.95 Å². The zero-order valence-corrected chi connectivity index (χ0v) is 14.7. The van der Waals surface area contributed by atoms with Gasteiger partial charge in [0.15, 0.2) is 0 Å². The Bertz CT molecular complexity index is 905. The summed E-state index contributed by atoms with van der Waals surface area (Å²) in [4.78, 5) is 18.5. The summed E-state index contributed by atoms with van der Waals surface area (Å²) in [5.41, 5.74) is 2.21. The van der Waals surface area contributed by atoms with Gasteiger partial charge in [0.2, 0.25) is 11.9 Å². The molecule has 2 unspecified atom stereocenters. The Morgan fingerprint density at radius 3 is 2.38 bits per heavy atom. The number of carbonyl (C=O) groups is 1. The Kier molecular flexibility index (Phi) is 4.16. The Hall–Kier alpha value is -3.15. The Morgan fingerprint density at radius 2 is 1.73 bits per heavy atom. The molecular formula is C20H20N4O2. The van der Waals surface area contributed by atoms with Crippen LogP contribution in [-0.2, 0) is 4.79 Å². The summed E-state index contributed by atoms with van der Waals surface area (Å²) in [6.07, 6.45) is 2.24. The van der Waals surface area contributed by atoms with E-state index in [1.807, 2.05) is 47.1 Å². The molecule has 0 spiro atoms. The molecule has 132 valence electrons. The van der Waals surface area contributed by atoms with Gasteiger partial charge in [0.1, 0.15) is 12.1 Å². The van der Waals surface area contributed by atoms with E-state index in [1.165, 1.54) is 6.33 Å². The number of amides is 1. The number of aromatic nitrogens is 3. The lowest BCUT2D eigenvalue weighted by Gasteiger charge is -2.38. The highest BCUT2D eigenvalue weighted by Crippen LogP contribution is 2.41. The van der Waals surface area contributed by atoms with Crippen LogP contribution in [0.25, 0.3) is 0 Å². The molecule has 0 N–H and O–H groups in total. The zero-order valence-electron chi connectivity index (χ0n) is 14.7. The monoisotopic (exact) mass is 348 g/mol. The zero-order chi connectivity index (χ0) is 18.1. The lowest BCUT2D eigenvalue weighted by Crippen LogP contribution is -2.41. The van der Waals surface area contributed by atoms with E-state index in [-0.39, 0.29) is 18.0 Å². The van der Waals surface area contributed by atoms with Crippen molar-refractivity contribution >= 4 is 11.9 Å². The molecule has 1 aromatic heterocycles. The van der Waals surface area contributed by atoms with Crippen LogP contribution in [0.3, 0.4) is 0 Å². The lowest BCUT2D eigenvalue weighted by molar-refractivity contribution is -0.117. The molecule has 2 aromatic carbocycles. The summed E-state index contributed by atoms with van der Waals surface area (Å²) in [5, 5.41) is 4.40. The van der Waals surface area contributed by atoms with Crippen LogP contribution < -0.4 is 9.64 Å². The maximum Gasteiger partial charge on any atom is 0.231 e. The summed E-state index contributed by atoms with van der Waals surface area (Å²) in [7, 11) is 1.65. The first-order valence-corrected chi connectivity index (χ1v) is 8.57. The topological polar surface area (TPSA) is 60.2 Å². The molecular weight excluding hydrogens is 328 g/mol. The van der Waals surface area contributed by atoms with Gasteiger partial charge in [0.25, 0.3) is 0 Å². The van der Waals surface area contributed by atoms with E-state index in [2.05, 4.69) is 22.2 Å². The number of hydrogen-bond donors (Lipinski definition) is 0. The molecule has 0 fully saturated rings. The number of fused-ring (bicyclic) bond motifs is 1. The van der Waals surface area contributed by atoms with Crippen molar-refractivity contribution in [1.82, 2.24) is 14.8 Å². The molecule has 0 radical (unpaired) electrons. The van der Waals surface area contributed by atoms with E-state index in [0.717, 1.165) is 23.3 Å². The van der Waals surface area contributed by atoms with Crippen LogP contribution in [0.5, 0.6) is 5.75 Å². The van der Waals surface area contributed by atoms with Crippen molar-refractivity contribution in [3.05, 3.63) is 72.1 Å². The molecule has 0 saturated heterocycles. The van der Waals surface area contributed by atoms with E-state index in [1.54, 1.807) is 18.9 Å². The van der Waals surface area contributed by atoms with Gasteiger partial charge in [-0.2, -0.15) is 10.1 Å². The fourth-order valence-electron chi connectivity index (χ4n) is 3.62. The lowest BCUT2D eigenvalue weighted by atomic mass is 9.92. The highest BCUT2D eigenvalue weighted by Gasteiger charge is 2.37. The van der Waals surface area contributed by atoms with E-state index >= 15 is 0 Å². The molecule has 3 aromatic rings. The van der Waals surface area contributed by atoms with E-state index in [9.17, 15) is 4.79 Å². The van der Waals surface area contributed by atoms with Gasteiger partial charge in [0, 0.05) is 6.92 Å². The van der Waals surface area contributed by atoms with Crippen LogP contribution in [-0.4, -0.2) is 27.8 Å². The summed E-state index contributed by atoms with van der Waals surface area (Å²) in [6.45, 7) is 1.57. The van der Waals surface area contributed by atoms with E-state index < -0.39 is 0 Å². The van der Waals surface area contributed by atoms with Crippen molar-refractivity contribution in [2.24, 2.45) is 0 Å². The van der Waals surface area contributed by atoms with Crippen molar-refractivity contribution in [2.45, 2.75) is 25.4 Å². The minimum Gasteiger partial charge on any atom is -0.497 e. The molecule has 4 rings (SSSR count). The molecule has 1 amide bonds.